The van der Waals surface area contributed by atoms with Gasteiger partial charge in [0.05, 0.1) is 12.3 Å². The van der Waals surface area contributed by atoms with Crippen LogP contribution >= 0.6 is 0 Å². The van der Waals surface area contributed by atoms with Gasteiger partial charge in [0.15, 0.2) is 0 Å². The molecule has 2 aliphatic heterocycles. The highest BCUT2D eigenvalue weighted by Crippen LogP contribution is 2.20. The van der Waals surface area contributed by atoms with Gasteiger partial charge in [-0.05, 0) is 64.0 Å². The molecule has 2 rings (SSSR count). The number of aliphatic imine (C=N–C) groups is 1. The normalized spacial score (nSPS) is 21.1. The number of piperidine rings is 1. The number of amidine groups is 1. The Labute approximate surface area is 189 Å². The lowest BCUT2D eigenvalue weighted by Gasteiger charge is -2.33. The number of allylic oxidation sites excluding steroid dienone is 3. The zero-order chi connectivity index (χ0) is 22.6. The lowest BCUT2D eigenvalue weighted by Crippen LogP contribution is -2.40. The van der Waals surface area contributed by atoms with E-state index in [1.54, 1.807) is 6.92 Å². The molecule has 0 amide bonds. The van der Waals surface area contributed by atoms with Crippen LogP contribution < -0.4 is 5.43 Å². The Bertz CT molecular complexity index is 650. The second-order valence-corrected chi connectivity index (χ2v) is 8.57. The quantitative estimate of drug-likeness (QED) is 0.184. The summed E-state index contributed by atoms with van der Waals surface area (Å²) >= 11 is 0. The van der Waals surface area contributed by atoms with Crippen molar-refractivity contribution in [1.82, 2.24) is 15.3 Å². The SMILES string of the molecule is C=C(C)/C(F)=C\N=C(CC)N1CCC(OCCCCCC2=CC(CC)NN2CC)CC1. The van der Waals surface area contributed by atoms with Crippen molar-refractivity contribution in [3.05, 3.63) is 36.0 Å². The molecule has 31 heavy (non-hydrogen) atoms. The number of hydrazine groups is 1. The minimum absolute atomic E-state index is 0.333. The molecule has 0 saturated carbocycles. The maximum Gasteiger partial charge on any atom is 0.143 e. The maximum atomic E-state index is 13.6. The van der Waals surface area contributed by atoms with Crippen molar-refractivity contribution in [3.8, 4) is 0 Å². The van der Waals surface area contributed by atoms with Crippen molar-refractivity contribution in [2.24, 2.45) is 4.99 Å². The Balaban J connectivity index is 1.61. The van der Waals surface area contributed by atoms with Crippen LogP contribution in [0.25, 0.3) is 0 Å². The van der Waals surface area contributed by atoms with E-state index in [2.05, 4.69) is 53.8 Å². The molecule has 1 fully saturated rings. The van der Waals surface area contributed by atoms with Gasteiger partial charge in [-0.3, -0.25) is 0 Å². The molecule has 1 atom stereocenters. The van der Waals surface area contributed by atoms with E-state index in [9.17, 15) is 4.39 Å². The minimum atomic E-state index is -0.350. The van der Waals surface area contributed by atoms with E-state index in [1.807, 2.05) is 0 Å². The van der Waals surface area contributed by atoms with Gasteiger partial charge in [-0.15, -0.1) is 0 Å². The Kier molecular flexibility index (Phi) is 11.3. The molecule has 0 aliphatic carbocycles. The van der Waals surface area contributed by atoms with Crippen molar-refractivity contribution in [3.63, 3.8) is 0 Å². The molecular formula is C25H43FN4O. The number of ether oxygens (including phenoxy) is 1. The van der Waals surface area contributed by atoms with Gasteiger partial charge in [0.1, 0.15) is 11.7 Å². The predicted molar refractivity (Wildman–Crippen MR) is 128 cm³/mol. The number of hydrogen-bond acceptors (Lipinski definition) is 4. The summed E-state index contributed by atoms with van der Waals surface area (Å²) in [7, 11) is 0. The molecule has 0 radical (unpaired) electrons. The highest BCUT2D eigenvalue weighted by molar-refractivity contribution is 5.82. The molecule has 176 valence electrons. The van der Waals surface area contributed by atoms with Crippen molar-refractivity contribution in [2.45, 2.75) is 91.2 Å². The van der Waals surface area contributed by atoms with Crippen LogP contribution in [0.4, 0.5) is 4.39 Å². The molecule has 1 saturated heterocycles. The van der Waals surface area contributed by atoms with Crippen LogP contribution in [0.1, 0.15) is 79.1 Å². The first kappa shape index (κ1) is 25.6. The van der Waals surface area contributed by atoms with E-state index in [1.165, 1.54) is 24.7 Å². The average molecular weight is 435 g/mol. The molecule has 5 nitrogen and oxygen atoms in total. The van der Waals surface area contributed by atoms with Gasteiger partial charge in [0.2, 0.25) is 0 Å². The molecule has 1 unspecified atom stereocenters. The van der Waals surface area contributed by atoms with Crippen molar-refractivity contribution in [2.75, 3.05) is 26.2 Å². The molecule has 1 N–H and O–H groups in total. The summed E-state index contributed by atoms with van der Waals surface area (Å²) in [6.07, 6.45) is 12.7. The van der Waals surface area contributed by atoms with Crippen molar-refractivity contribution < 1.29 is 9.13 Å². The lowest BCUT2D eigenvalue weighted by atomic mass is 10.1. The fourth-order valence-corrected chi connectivity index (χ4v) is 4.12. The first-order chi connectivity index (χ1) is 15.0. The third-order valence-electron chi connectivity index (χ3n) is 6.11. The molecule has 0 aromatic carbocycles. The van der Waals surface area contributed by atoms with Crippen LogP contribution in [-0.2, 0) is 4.74 Å². The topological polar surface area (TPSA) is 40.1 Å². The largest absolute Gasteiger partial charge is 0.378 e. The zero-order valence-electron chi connectivity index (χ0n) is 20.1. The fraction of sp³-hybridized carbons (Fsp3) is 0.720. The van der Waals surface area contributed by atoms with E-state index in [0.29, 0.717) is 17.7 Å². The number of nitrogens with one attached hydrogen (secondary N) is 1. The average Bonchev–Trinajstić information content (AvgIpc) is 3.19. The Hall–Kier alpha value is -1.66. The van der Waals surface area contributed by atoms with Crippen molar-refractivity contribution in [1.29, 1.82) is 0 Å². The van der Waals surface area contributed by atoms with Gasteiger partial charge in [0.25, 0.3) is 0 Å². The van der Waals surface area contributed by atoms with Gasteiger partial charge in [0, 0.05) is 44.4 Å². The minimum Gasteiger partial charge on any atom is -0.378 e. The van der Waals surface area contributed by atoms with E-state index in [0.717, 1.165) is 70.6 Å². The van der Waals surface area contributed by atoms with Gasteiger partial charge in [-0.25, -0.2) is 14.8 Å². The number of likely N-dealkylation sites (tertiary alicyclic amines) is 1. The molecule has 0 bridgehead atoms. The second kappa shape index (κ2) is 13.7. The Morgan fingerprint density at radius 1 is 1.26 bits per heavy atom. The van der Waals surface area contributed by atoms with Crippen LogP contribution in [-0.4, -0.2) is 54.1 Å². The number of hydrogen-bond donors (Lipinski definition) is 1. The standard InChI is InChI=1S/C25H43FN4O/c1-6-21-18-22(30(8-3)28-21)12-10-9-11-17-31-23-13-15-29(16-14-23)25(7-2)27-19-24(26)20(4)5/h18-19,21,23,28H,4,6-17H2,1-3,5H3/b24-19+,27-25?. The molecule has 0 aromatic rings. The smallest absolute Gasteiger partial charge is 0.143 e. The third-order valence-corrected chi connectivity index (χ3v) is 6.11. The van der Waals surface area contributed by atoms with Gasteiger partial charge >= 0.3 is 0 Å². The van der Waals surface area contributed by atoms with E-state index in [-0.39, 0.29) is 5.83 Å². The van der Waals surface area contributed by atoms with E-state index < -0.39 is 0 Å². The summed E-state index contributed by atoms with van der Waals surface area (Å²) in [5.74, 6) is 0.592. The van der Waals surface area contributed by atoms with Gasteiger partial charge < -0.3 is 14.6 Å². The van der Waals surface area contributed by atoms with Crippen LogP contribution in [0.3, 0.4) is 0 Å². The number of nitrogens with zero attached hydrogens (tertiary/aromatic N) is 3. The predicted octanol–water partition coefficient (Wildman–Crippen LogP) is 5.73. The van der Waals surface area contributed by atoms with Crippen LogP contribution in [0.2, 0.25) is 0 Å². The maximum absolute atomic E-state index is 13.6. The van der Waals surface area contributed by atoms with Crippen LogP contribution in [0.15, 0.2) is 40.9 Å². The summed E-state index contributed by atoms with van der Waals surface area (Å²) in [4.78, 5) is 6.61. The summed E-state index contributed by atoms with van der Waals surface area (Å²) in [5.41, 5.74) is 5.41. The van der Waals surface area contributed by atoms with Gasteiger partial charge in [-0.1, -0.05) is 26.8 Å². The molecular weight excluding hydrogens is 391 g/mol. The molecule has 2 aliphatic rings. The molecule has 2 heterocycles. The second-order valence-electron chi connectivity index (χ2n) is 8.57. The number of rotatable bonds is 12. The summed E-state index contributed by atoms with van der Waals surface area (Å²) < 4.78 is 19.8. The summed E-state index contributed by atoms with van der Waals surface area (Å²) in [6, 6.07) is 0.503. The van der Waals surface area contributed by atoms with E-state index in [4.69, 9.17) is 4.74 Å². The first-order valence-corrected chi connectivity index (χ1v) is 12.2. The molecule has 0 spiro atoms. The number of halogens is 1. The first-order valence-electron chi connectivity index (χ1n) is 12.2. The van der Waals surface area contributed by atoms with E-state index >= 15 is 0 Å². The fourth-order valence-electron chi connectivity index (χ4n) is 4.12. The van der Waals surface area contributed by atoms with Gasteiger partial charge in [-0.2, -0.15) is 0 Å². The number of unbranched alkanes of at least 4 members (excludes halogenated alkanes) is 2. The summed E-state index contributed by atoms with van der Waals surface area (Å²) in [5, 5.41) is 2.30. The third kappa shape index (κ3) is 8.41. The van der Waals surface area contributed by atoms with Crippen LogP contribution in [0, 0.1) is 0 Å². The van der Waals surface area contributed by atoms with Crippen molar-refractivity contribution >= 4 is 5.84 Å². The monoisotopic (exact) mass is 434 g/mol. The molecule has 6 heteroatoms. The Morgan fingerprint density at radius 2 is 2.00 bits per heavy atom. The lowest BCUT2D eigenvalue weighted by molar-refractivity contribution is 0.0171. The Morgan fingerprint density at radius 3 is 2.61 bits per heavy atom. The highest BCUT2D eigenvalue weighted by atomic mass is 19.1. The highest BCUT2D eigenvalue weighted by Gasteiger charge is 2.21. The summed E-state index contributed by atoms with van der Waals surface area (Å²) in [6.45, 7) is 15.5. The zero-order valence-corrected chi connectivity index (χ0v) is 20.1. The van der Waals surface area contributed by atoms with Crippen LogP contribution in [0.5, 0.6) is 0 Å². The molecule has 0 aromatic heterocycles.